The topological polar surface area (TPSA) is 24.5 Å². The monoisotopic (exact) mass is 288 g/mol. The molecule has 0 aliphatic carbocycles. The second kappa shape index (κ2) is 6.91. The smallest absolute Gasteiger partial charge is 0.0480 e. The molecule has 2 atom stereocenters. The van der Waals surface area contributed by atoms with Crippen LogP contribution in [0.3, 0.4) is 0 Å². The van der Waals surface area contributed by atoms with Gasteiger partial charge in [0.25, 0.3) is 0 Å². The van der Waals surface area contributed by atoms with E-state index in [4.69, 9.17) is 4.74 Å². The molecule has 1 aromatic rings. The fourth-order valence-electron chi connectivity index (χ4n) is 3.75. The summed E-state index contributed by atoms with van der Waals surface area (Å²) in [5.74, 6) is 0.692. The van der Waals surface area contributed by atoms with Crippen LogP contribution in [-0.4, -0.2) is 43.3 Å². The van der Waals surface area contributed by atoms with E-state index in [1.165, 1.54) is 18.4 Å². The molecule has 0 amide bonds. The summed E-state index contributed by atoms with van der Waals surface area (Å²) >= 11 is 0. The Morgan fingerprint density at radius 2 is 1.86 bits per heavy atom. The number of benzene rings is 1. The molecule has 0 spiro atoms. The van der Waals surface area contributed by atoms with E-state index in [1.54, 1.807) is 0 Å². The van der Waals surface area contributed by atoms with Gasteiger partial charge in [-0.15, -0.1) is 0 Å². The number of nitrogens with one attached hydrogen (secondary N) is 1. The minimum absolute atomic E-state index is 0.462. The van der Waals surface area contributed by atoms with Crippen LogP contribution in [0.5, 0.6) is 0 Å². The van der Waals surface area contributed by atoms with E-state index in [0.717, 1.165) is 26.3 Å². The largest absolute Gasteiger partial charge is 0.381 e. The van der Waals surface area contributed by atoms with Crippen LogP contribution < -0.4 is 5.32 Å². The van der Waals surface area contributed by atoms with E-state index < -0.39 is 0 Å². The number of hydrogen-bond acceptors (Lipinski definition) is 3. The maximum absolute atomic E-state index is 5.56. The number of piperazine rings is 1. The Bertz CT molecular complexity index is 428. The van der Waals surface area contributed by atoms with Crippen LogP contribution in [0.1, 0.15) is 38.3 Å². The molecule has 0 radical (unpaired) electrons. The fraction of sp³-hybridized carbons (Fsp3) is 0.667. The second-order valence-electron chi connectivity index (χ2n) is 6.72. The molecule has 2 aliphatic rings. The zero-order valence-electron chi connectivity index (χ0n) is 13.3. The van der Waals surface area contributed by atoms with Crippen molar-refractivity contribution in [3.8, 4) is 0 Å². The van der Waals surface area contributed by atoms with Crippen molar-refractivity contribution in [1.29, 1.82) is 0 Å². The predicted molar refractivity (Wildman–Crippen MR) is 86.4 cm³/mol. The van der Waals surface area contributed by atoms with Gasteiger partial charge in [0.15, 0.2) is 0 Å². The van der Waals surface area contributed by atoms with Gasteiger partial charge in [-0.25, -0.2) is 0 Å². The molecule has 116 valence electrons. The van der Waals surface area contributed by atoms with E-state index in [0.29, 0.717) is 24.0 Å². The number of rotatable bonds is 3. The lowest BCUT2D eigenvalue weighted by Crippen LogP contribution is -2.59. The molecule has 2 heterocycles. The molecular formula is C18H28N2O. The molecule has 3 rings (SSSR count). The maximum atomic E-state index is 5.56. The van der Waals surface area contributed by atoms with E-state index >= 15 is 0 Å². The summed E-state index contributed by atoms with van der Waals surface area (Å²) in [6.45, 7) is 8.76. The van der Waals surface area contributed by atoms with Gasteiger partial charge in [0.2, 0.25) is 0 Å². The van der Waals surface area contributed by atoms with Gasteiger partial charge in [-0.1, -0.05) is 44.2 Å². The number of nitrogens with zero attached hydrogens (tertiary/aromatic N) is 1. The third-order valence-electron chi connectivity index (χ3n) is 5.02. The van der Waals surface area contributed by atoms with Gasteiger partial charge >= 0.3 is 0 Å². The zero-order valence-corrected chi connectivity index (χ0v) is 13.3. The van der Waals surface area contributed by atoms with Crippen molar-refractivity contribution in [1.82, 2.24) is 10.2 Å². The molecule has 21 heavy (non-hydrogen) atoms. The van der Waals surface area contributed by atoms with Crippen LogP contribution in [0.15, 0.2) is 30.3 Å². The van der Waals surface area contributed by atoms with Gasteiger partial charge in [-0.3, -0.25) is 4.90 Å². The van der Waals surface area contributed by atoms with Crippen LogP contribution >= 0.6 is 0 Å². The van der Waals surface area contributed by atoms with Crippen molar-refractivity contribution in [3.05, 3.63) is 35.9 Å². The average molecular weight is 288 g/mol. The first kappa shape index (κ1) is 15.0. The first-order chi connectivity index (χ1) is 10.3. The van der Waals surface area contributed by atoms with Gasteiger partial charge in [0.05, 0.1) is 0 Å². The summed E-state index contributed by atoms with van der Waals surface area (Å²) < 4.78 is 5.56. The van der Waals surface area contributed by atoms with Crippen LogP contribution in [0, 0.1) is 5.92 Å². The summed E-state index contributed by atoms with van der Waals surface area (Å²) in [4.78, 5) is 2.77. The molecule has 3 heteroatoms. The molecule has 2 aliphatic heterocycles. The highest BCUT2D eigenvalue weighted by Crippen LogP contribution is 2.28. The highest BCUT2D eigenvalue weighted by molar-refractivity contribution is 5.20. The molecule has 1 aromatic carbocycles. The molecule has 2 unspecified atom stereocenters. The molecule has 2 fully saturated rings. The lowest BCUT2D eigenvalue weighted by molar-refractivity contribution is -0.0108. The third kappa shape index (κ3) is 3.47. The van der Waals surface area contributed by atoms with Gasteiger partial charge in [-0.2, -0.15) is 0 Å². The second-order valence-corrected chi connectivity index (χ2v) is 6.72. The highest BCUT2D eigenvalue weighted by atomic mass is 16.5. The van der Waals surface area contributed by atoms with Crippen molar-refractivity contribution in [2.45, 2.75) is 44.8 Å². The Labute approximate surface area is 128 Å². The molecule has 3 nitrogen and oxygen atoms in total. The Morgan fingerprint density at radius 1 is 1.14 bits per heavy atom. The van der Waals surface area contributed by atoms with Crippen molar-refractivity contribution >= 4 is 0 Å². The Hall–Kier alpha value is -0.900. The van der Waals surface area contributed by atoms with Crippen molar-refractivity contribution < 1.29 is 4.74 Å². The minimum atomic E-state index is 0.462. The first-order valence-corrected chi connectivity index (χ1v) is 8.37. The van der Waals surface area contributed by atoms with Crippen LogP contribution in [0.4, 0.5) is 0 Å². The summed E-state index contributed by atoms with van der Waals surface area (Å²) in [5.41, 5.74) is 1.41. The minimum Gasteiger partial charge on any atom is -0.381 e. The molecule has 0 bridgehead atoms. The lowest BCUT2D eigenvalue weighted by Gasteiger charge is -2.47. The van der Waals surface area contributed by atoms with Gasteiger partial charge < -0.3 is 10.1 Å². The van der Waals surface area contributed by atoms with Gasteiger partial charge in [0.1, 0.15) is 0 Å². The maximum Gasteiger partial charge on any atom is 0.0480 e. The number of hydrogen-bond donors (Lipinski definition) is 1. The molecular weight excluding hydrogens is 260 g/mol. The van der Waals surface area contributed by atoms with E-state index in [-0.39, 0.29) is 0 Å². The Balaban J connectivity index is 1.75. The predicted octanol–water partition coefficient (Wildman–Crippen LogP) is 2.84. The first-order valence-electron chi connectivity index (χ1n) is 8.37. The van der Waals surface area contributed by atoms with Gasteiger partial charge in [0, 0.05) is 44.4 Å². The van der Waals surface area contributed by atoms with Crippen molar-refractivity contribution in [3.63, 3.8) is 0 Å². The fourth-order valence-corrected chi connectivity index (χ4v) is 3.75. The normalized spacial score (nSPS) is 28.9. The lowest BCUT2D eigenvalue weighted by atomic mass is 9.92. The average Bonchev–Trinajstić information content (AvgIpc) is 2.56. The van der Waals surface area contributed by atoms with Gasteiger partial charge in [-0.05, 0) is 24.3 Å². The molecule has 0 aromatic heterocycles. The third-order valence-corrected chi connectivity index (χ3v) is 5.02. The summed E-state index contributed by atoms with van der Waals surface area (Å²) in [6.07, 6.45) is 2.37. The molecule has 2 saturated heterocycles. The quantitative estimate of drug-likeness (QED) is 0.925. The van der Waals surface area contributed by atoms with Crippen LogP contribution in [-0.2, 0) is 4.74 Å². The summed E-state index contributed by atoms with van der Waals surface area (Å²) in [6, 6.07) is 12.7. The molecule has 0 saturated carbocycles. The van der Waals surface area contributed by atoms with Crippen LogP contribution in [0.2, 0.25) is 0 Å². The SMILES string of the molecule is CC(C)C1CNC(c2ccccc2)CN1C1CCOCC1. The molecule has 1 N–H and O–H groups in total. The summed E-state index contributed by atoms with van der Waals surface area (Å²) in [5, 5.41) is 3.76. The standard InChI is InChI=1S/C18H28N2O/c1-14(2)18-12-19-17(15-6-4-3-5-7-15)13-20(18)16-8-10-21-11-9-16/h3-7,14,16-19H,8-13H2,1-2H3. The Morgan fingerprint density at radius 3 is 2.52 bits per heavy atom. The Kier molecular flexibility index (Phi) is 4.94. The van der Waals surface area contributed by atoms with Crippen molar-refractivity contribution in [2.75, 3.05) is 26.3 Å². The van der Waals surface area contributed by atoms with Crippen LogP contribution in [0.25, 0.3) is 0 Å². The van der Waals surface area contributed by atoms with E-state index in [1.807, 2.05) is 0 Å². The summed E-state index contributed by atoms with van der Waals surface area (Å²) in [7, 11) is 0. The highest BCUT2D eigenvalue weighted by Gasteiger charge is 2.35. The van der Waals surface area contributed by atoms with Crippen molar-refractivity contribution in [2.24, 2.45) is 5.92 Å². The van der Waals surface area contributed by atoms with E-state index in [2.05, 4.69) is 54.4 Å². The zero-order chi connectivity index (χ0) is 14.7. The van der Waals surface area contributed by atoms with E-state index in [9.17, 15) is 0 Å². The number of ether oxygens (including phenoxy) is 1.